The maximum absolute atomic E-state index is 14.2. The van der Waals surface area contributed by atoms with Crippen molar-refractivity contribution in [2.45, 2.75) is 19.4 Å². The van der Waals surface area contributed by atoms with Crippen LogP contribution in [0.5, 0.6) is 0 Å². The standard InChI is InChI=1S/C18H18FNO/c1-2-11-20-18(14-8-3-5-9-16(14)19)15-12-21-17-10-6-4-7-13(15)17/h3-10,12,18,20H,2,11H2,1H3. The Labute approximate surface area is 123 Å². The van der Waals surface area contributed by atoms with Crippen molar-refractivity contribution in [3.05, 3.63) is 71.7 Å². The first-order valence-corrected chi connectivity index (χ1v) is 7.25. The SMILES string of the molecule is CCCNC(c1ccccc1F)c1coc2ccccc12. The number of nitrogens with one attached hydrogen (secondary N) is 1. The minimum Gasteiger partial charge on any atom is -0.464 e. The quantitative estimate of drug-likeness (QED) is 0.736. The van der Waals surface area contributed by atoms with Crippen molar-refractivity contribution in [3.8, 4) is 0 Å². The molecule has 1 N–H and O–H groups in total. The highest BCUT2D eigenvalue weighted by Gasteiger charge is 2.20. The molecule has 0 saturated heterocycles. The molecule has 0 fully saturated rings. The van der Waals surface area contributed by atoms with Gasteiger partial charge in [-0.25, -0.2) is 4.39 Å². The summed E-state index contributed by atoms with van der Waals surface area (Å²) in [5.74, 6) is -0.198. The monoisotopic (exact) mass is 283 g/mol. The van der Waals surface area contributed by atoms with Crippen molar-refractivity contribution in [2.24, 2.45) is 0 Å². The van der Waals surface area contributed by atoms with Crippen LogP contribution in [0.2, 0.25) is 0 Å². The first kappa shape index (κ1) is 13.8. The molecule has 1 aromatic heterocycles. The topological polar surface area (TPSA) is 25.2 Å². The van der Waals surface area contributed by atoms with E-state index in [1.807, 2.05) is 36.4 Å². The van der Waals surface area contributed by atoms with E-state index in [0.29, 0.717) is 5.56 Å². The van der Waals surface area contributed by atoms with Gasteiger partial charge in [-0.2, -0.15) is 0 Å². The second-order valence-electron chi connectivity index (χ2n) is 5.10. The zero-order valence-corrected chi connectivity index (χ0v) is 12.0. The van der Waals surface area contributed by atoms with Gasteiger partial charge >= 0.3 is 0 Å². The van der Waals surface area contributed by atoms with Crippen molar-refractivity contribution in [1.29, 1.82) is 0 Å². The Morgan fingerprint density at radius 1 is 1.05 bits per heavy atom. The number of rotatable bonds is 5. The molecular formula is C18H18FNO. The van der Waals surface area contributed by atoms with E-state index in [1.54, 1.807) is 12.3 Å². The van der Waals surface area contributed by atoms with Gasteiger partial charge in [0.05, 0.1) is 12.3 Å². The van der Waals surface area contributed by atoms with Crippen LogP contribution in [0, 0.1) is 5.82 Å². The molecule has 2 nitrogen and oxygen atoms in total. The van der Waals surface area contributed by atoms with Crippen LogP contribution in [0.1, 0.15) is 30.5 Å². The van der Waals surface area contributed by atoms with E-state index in [-0.39, 0.29) is 11.9 Å². The van der Waals surface area contributed by atoms with Crippen LogP contribution in [0.3, 0.4) is 0 Å². The van der Waals surface area contributed by atoms with Crippen LogP contribution < -0.4 is 5.32 Å². The summed E-state index contributed by atoms with van der Waals surface area (Å²) in [6.07, 6.45) is 2.71. The molecule has 3 aromatic rings. The molecule has 0 aliphatic heterocycles. The fraction of sp³-hybridized carbons (Fsp3) is 0.222. The molecule has 0 saturated carbocycles. The lowest BCUT2D eigenvalue weighted by Crippen LogP contribution is -2.23. The molecule has 2 aromatic carbocycles. The number of furan rings is 1. The first-order chi connectivity index (χ1) is 10.3. The number of hydrogen-bond acceptors (Lipinski definition) is 2. The van der Waals surface area contributed by atoms with Crippen molar-refractivity contribution in [3.63, 3.8) is 0 Å². The average Bonchev–Trinajstić information content (AvgIpc) is 2.93. The Balaban J connectivity index is 2.09. The van der Waals surface area contributed by atoms with Crippen LogP contribution >= 0.6 is 0 Å². The highest BCUT2D eigenvalue weighted by atomic mass is 19.1. The third-order valence-corrected chi connectivity index (χ3v) is 3.64. The van der Waals surface area contributed by atoms with Crippen molar-refractivity contribution < 1.29 is 8.81 Å². The number of para-hydroxylation sites is 1. The molecule has 1 atom stereocenters. The molecule has 108 valence electrons. The van der Waals surface area contributed by atoms with E-state index < -0.39 is 0 Å². The van der Waals surface area contributed by atoms with E-state index >= 15 is 0 Å². The van der Waals surface area contributed by atoms with Crippen molar-refractivity contribution in [2.75, 3.05) is 6.54 Å². The molecule has 21 heavy (non-hydrogen) atoms. The largest absolute Gasteiger partial charge is 0.464 e. The summed E-state index contributed by atoms with van der Waals surface area (Å²) >= 11 is 0. The predicted octanol–water partition coefficient (Wildman–Crippen LogP) is 4.66. The molecular weight excluding hydrogens is 265 g/mol. The summed E-state index contributed by atoms with van der Waals surface area (Å²) in [5, 5.41) is 4.44. The second-order valence-corrected chi connectivity index (χ2v) is 5.10. The number of fused-ring (bicyclic) bond motifs is 1. The van der Waals surface area contributed by atoms with Gasteiger partial charge in [-0.3, -0.25) is 0 Å². The Morgan fingerprint density at radius 3 is 2.62 bits per heavy atom. The van der Waals surface area contributed by atoms with Gasteiger partial charge in [-0.05, 0) is 25.1 Å². The fourth-order valence-corrected chi connectivity index (χ4v) is 2.61. The van der Waals surface area contributed by atoms with Crippen molar-refractivity contribution >= 4 is 11.0 Å². The molecule has 1 unspecified atom stereocenters. The van der Waals surface area contributed by atoms with Gasteiger partial charge in [-0.1, -0.05) is 43.3 Å². The van der Waals surface area contributed by atoms with E-state index in [4.69, 9.17) is 4.42 Å². The summed E-state index contributed by atoms with van der Waals surface area (Å²) < 4.78 is 19.8. The van der Waals surface area contributed by atoms with Crippen LogP contribution in [-0.4, -0.2) is 6.54 Å². The van der Waals surface area contributed by atoms with Crippen LogP contribution in [-0.2, 0) is 0 Å². The lowest BCUT2D eigenvalue weighted by molar-refractivity contribution is 0.538. The predicted molar refractivity (Wildman–Crippen MR) is 82.8 cm³/mol. The zero-order valence-electron chi connectivity index (χ0n) is 12.0. The lowest BCUT2D eigenvalue weighted by atomic mass is 9.97. The molecule has 0 radical (unpaired) electrons. The maximum Gasteiger partial charge on any atom is 0.134 e. The van der Waals surface area contributed by atoms with Crippen LogP contribution in [0.25, 0.3) is 11.0 Å². The normalized spacial score (nSPS) is 12.7. The molecule has 1 heterocycles. The molecule has 0 spiro atoms. The maximum atomic E-state index is 14.2. The van der Waals surface area contributed by atoms with Gasteiger partial charge in [0.1, 0.15) is 11.4 Å². The van der Waals surface area contributed by atoms with E-state index in [9.17, 15) is 4.39 Å². The van der Waals surface area contributed by atoms with Crippen LogP contribution in [0.4, 0.5) is 4.39 Å². The fourth-order valence-electron chi connectivity index (χ4n) is 2.61. The van der Waals surface area contributed by atoms with E-state index in [2.05, 4.69) is 12.2 Å². The summed E-state index contributed by atoms with van der Waals surface area (Å²) in [6.45, 7) is 2.91. The third-order valence-electron chi connectivity index (χ3n) is 3.64. The van der Waals surface area contributed by atoms with Gasteiger partial charge in [0.2, 0.25) is 0 Å². The molecule has 0 amide bonds. The number of benzene rings is 2. The smallest absolute Gasteiger partial charge is 0.134 e. The molecule has 0 bridgehead atoms. The Hall–Kier alpha value is -2.13. The van der Waals surface area contributed by atoms with Gasteiger partial charge in [0.15, 0.2) is 0 Å². The molecule has 3 heteroatoms. The summed E-state index contributed by atoms with van der Waals surface area (Å²) in [7, 11) is 0. The molecule has 0 aliphatic carbocycles. The van der Waals surface area contributed by atoms with E-state index in [0.717, 1.165) is 29.5 Å². The van der Waals surface area contributed by atoms with E-state index in [1.165, 1.54) is 6.07 Å². The summed E-state index contributed by atoms with van der Waals surface area (Å²) in [5.41, 5.74) is 2.45. The first-order valence-electron chi connectivity index (χ1n) is 7.25. The van der Waals surface area contributed by atoms with Gasteiger partial charge in [0, 0.05) is 16.5 Å². The Bertz CT molecular complexity index is 735. The second kappa shape index (κ2) is 6.10. The number of halogens is 1. The minimum absolute atomic E-state index is 0.198. The highest BCUT2D eigenvalue weighted by Crippen LogP contribution is 2.31. The average molecular weight is 283 g/mol. The number of hydrogen-bond donors (Lipinski definition) is 1. The Kier molecular flexibility index (Phi) is 4.02. The zero-order chi connectivity index (χ0) is 14.7. The Morgan fingerprint density at radius 2 is 1.81 bits per heavy atom. The highest BCUT2D eigenvalue weighted by molar-refractivity contribution is 5.81. The van der Waals surface area contributed by atoms with Gasteiger partial charge < -0.3 is 9.73 Å². The minimum atomic E-state index is -0.199. The van der Waals surface area contributed by atoms with Gasteiger partial charge in [0.25, 0.3) is 0 Å². The molecule has 0 aliphatic rings. The third kappa shape index (κ3) is 2.69. The lowest BCUT2D eigenvalue weighted by Gasteiger charge is -2.18. The summed E-state index contributed by atoms with van der Waals surface area (Å²) in [6, 6.07) is 14.5. The van der Waals surface area contributed by atoms with Crippen LogP contribution in [0.15, 0.2) is 59.2 Å². The van der Waals surface area contributed by atoms with Crippen molar-refractivity contribution in [1.82, 2.24) is 5.32 Å². The summed E-state index contributed by atoms with van der Waals surface area (Å²) in [4.78, 5) is 0. The molecule has 3 rings (SSSR count). The van der Waals surface area contributed by atoms with Gasteiger partial charge in [-0.15, -0.1) is 0 Å².